The molecule has 2 aromatic rings. The standard InChI is InChI=1S/C15H20N4O2S/c1-19-14(17-18-15(19)13-7-8-13)11-16-22(20,21)10-9-12-5-3-2-4-6-12/h2-6,13,16H,7-11H2,1H3. The molecule has 1 heterocycles. The maximum Gasteiger partial charge on any atom is 0.212 e. The number of aryl methyl sites for hydroxylation is 1. The van der Waals surface area contributed by atoms with Crippen LogP contribution in [0.15, 0.2) is 30.3 Å². The van der Waals surface area contributed by atoms with E-state index in [2.05, 4.69) is 14.9 Å². The molecule has 1 aromatic heterocycles. The topological polar surface area (TPSA) is 76.9 Å². The molecule has 0 aliphatic heterocycles. The van der Waals surface area contributed by atoms with Gasteiger partial charge in [-0.15, -0.1) is 10.2 Å². The highest BCUT2D eigenvalue weighted by Crippen LogP contribution is 2.38. The fraction of sp³-hybridized carbons (Fsp3) is 0.467. The first kappa shape index (κ1) is 15.2. The van der Waals surface area contributed by atoms with E-state index < -0.39 is 10.0 Å². The van der Waals surface area contributed by atoms with Crippen LogP contribution in [0, 0.1) is 0 Å². The Kier molecular flexibility index (Phi) is 4.26. The largest absolute Gasteiger partial charge is 0.317 e. The number of hydrogen-bond donors (Lipinski definition) is 1. The summed E-state index contributed by atoms with van der Waals surface area (Å²) in [5, 5.41) is 8.23. The van der Waals surface area contributed by atoms with Crippen molar-refractivity contribution in [3.05, 3.63) is 47.5 Å². The lowest BCUT2D eigenvalue weighted by Crippen LogP contribution is -2.28. The predicted molar refractivity (Wildman–Crippen MR) is 83.8 cm³/mol. The van der Waals surface area contributed by atoms with Gasteiger partial charge in [-0.3, -0.25) is 0 Å². The van der Waals surface area contributed by atoms with E-state index in [9.17, 15) is 8.42 Å². The van der Waals surface area contributed by atoms with E-state index in [0.29, 0.717) is 18.2 Å². The molecule has 1 aliphatic carbocycles. The third kappa shape index (κ3) is 3.72. The van der Waals surface area contributed by atoms with Crippen molar-refractivity contribution in [1.29, 1.82) is 0 Å². The molecule has 22 heavy (non-hydrogen) atoms. The molecule has 6 nitrogen and oxygen atoms in total. The molecule has 0 bridgehead atoms. The normalized spacial score (nSPS) is 15.1. The molecule has 0 radical (unpaired) electrons. The third-order valence-electron chi connectivity index (χ3n) is 3.89. The summed E-state index contributed by atoms with van der Waals surface area (Å²) in [6, 6.07) is 9.60. The molecule has 118 valence electrons. The van der Waals surface area contributed by atoms with Crippen LogP contribution in [0.5, 0.6) is 0 Å². The number of nitrogens with one attached hydrogen (secondary N) is 1. The van der Waals surface area contributed by atoms with E-state index in [1.807, 2.05) is 41.9 Å². The van der Waals surface area contributed by atoms with Crippen LogP contribution >= 0.6 is 0 Å². The van der Waals surface area contributed by atoms with Crippen LogP contribution in [0.4, 0.5) is 0 Å². The Balaban J connectivity index is 1.55. The van der Waals surface area contributed by atoms with Gasteiger partial charge in [-0.2, -0.15) is 0 Å². The molecule has 0 spiro atoms. The van der Waals surface area contributed by atoms with E-state index in [4.69, 9.17) is 0 Å². The average Bonchev–Trinajstić information content (AvgIpc) is 3.29. The first-order valence-electron chi connectivity index (χ1n) is 7.44. The zero-order chi connectivity index (χ0) is 15.6. The molecular weight excluding hydrogens is 300 g/mol. The Morgan fingerprint density at radius 2 is 1.95 bits per heavy atom. The van der Waals surface area contributed by atoms with Crippen LogP contribution in [0.25, 0.3) is 0 Å². The molecule has 0 atom stereocenters. The Bertz CT molecular complexity index is 736. The zero-order valence-electron chi connectivity index (χ0n) is 12.6. The number of hydrogen-bond acceptors (Lipinski definition) is 4. The fourth-order valence-corrected chi connectivity index (χ4v) is 3.37. The maximum atomic E-state index is 12.1. The molecule has 7 heteroatoms. The van der Waals surface area contributed by atoms with Crippen molar-refractivity contribution in [2.75, 3.05) is 5.75 Å². The molecule has 3 rings (SSSR count). The Morgan fingerprint density at radius 1 is 1.23 bits per heavy atom. The van der Waals surface area contributed by atoms with Crippen LogP contribution in [0.2, 0.25) is 0 Å². The zero-order valence-corrected chi connectivity index (χ0v) is 13.4. The van der Waals surface area contributed by atoms with Crippen LogP contribution < -0.4 is 4.72 Å². The maximum absolute atomic E-state index is 12.1. The van der Waals surface area contributed by atoms with E-state index in [1.165, 1.54) is 0 Å². The van der Waals surface area contributed by atoms with Crippen molar-refractivity contribution in [3.63, 3.8) is 0 Å². The van der Waals surface area contributed by atoms with Gasteiger partial charge in [0.25, 0.3) is 0 Å². The molecule has 1 aliphatic rings. The van der Waals surface area contributed by atoms with Crippen LogP contribution in [-0.4, -0.2) is 28.9 Å². The summed E-state index contributed by atoms with van der Waals surface area (Å²) in [6.07, 6.45) is 2.80. The second-order valence-corrected chi connectivity index (χ2v) is 7.61. The van der Waals surface area contributed by atoms with E-state index in [0.717, 1.165) is 24.2 Å². The summed E-state index contributed by atoms with van der Waals surface area (Å²) in [6.45, 7) is 0.188. The van der Waals surface area contributed by atoms with Crippen LogP contribution in [0.3, 0.4) is 0 Å². The first-order valence-corrected chi connectivity index (χ1v) is 9.10. The second kappa shape index (κ2) is 6.18. The highest BCUT2D eigenvalue weighted by atomic mass is 32.2. The molecule has 1 fully saturated rings. The number of aromatic nitrogens is 3. The average molecular weight is 320 g/mol. The van der Waals surface area contributed by atoms with Gasteiger partial charge in [0.2, 0.25) is 10.0 Å². The van der Waals surface area contributed by atoms with Crippen molar-refractivity contribution in [2.24, 2.45) is 7.05 Å². The first-order chi connectivity index (χ1) is 10.6. The number of rotatable bonds is 7. The quantitative estimate of drug-likeness (QED) is 0.835. The Morgan fingerprint density at radius 3 is 2.64 bits per heavy atom. The van der Waals surface area contributed by atoms with Gasteiger partial charge in [0.15, 0.2) is 0 Å². The molecule has 1 N–H and O–H groups in total. The highest BCUT2D eigenvalue weighted by molar-refractivity contribution is 7.89. The Labute approximate surface area is 130 Å². The third-order valence-corrected chi connectivity index (χ3v) is 5.22. The van der Waals surface area contributed by atoms with Crippen LogP contribution in [0.1, 0.15) is 36.0 Å². The molecule has 1 saturated carbocycles. The van der Waals surface area contributed by atoms with Crippen molar-refractivity contribution < 1.29 is 8.42 Å². The lowest BCUT2D eigenvalue weighted by molar-refractivity contribution is 0.576. The smallest absolute Gasteiger partial charge is 0.212 e. The highest BCUT2D eigenvalue weighted by Gasteiger charge is 2.29. The van der Waals surface area contributed by atoms with Gasteiger partial charge in [0, 0.05) is 13.0 Å². The molecule has 0 unspecified atom stereocenters. The van der Waals surface area contributed by atoms with Gasteiger partial charge in [-0.05, 0) is 24.8 Å². The van der Waals surface area contributed by atoms with E-state index >= 15 is 0 Å². The van der Waals surface area contributed by atoms with Gasteiger partial charge in [0.1, 0.15) is 11.6 Å². The van der Waals surface area contributed by atoms with E-state index in [1.54, 1.807) is 0 Å². The molecule has 1 aromatic carbocycles. The second-order valence-electron chi connectivity index (χ2n) is 5.68. The van der Waals surface area contributed by atoms with Crippen molar-refractivity contribution >= 4 is 10.0 Å². The summed E-state index contributed by atoms with van der Waals surface area (Å²) in [5.41, 5.74) is 1.02. The van der Waals surface area contributed by atoms with Crippen LogP contribution in [-0.2, 0) is 30.0 Å². The van der Waals surface area contributed by atoms with Gasteiger partial charge in [-0.1, -0.05) is 30.3 Å². The van der Waals surface area contributed by atoms with Crippen molar-refractivity contribution in [3.8, 4) is 0 Å². The number of nitrogens with zero attached hydrogens (tertiary/aromatic N) is 3. The molecule has 0 saturated heterocycles. The monoisotopic (exact) mass is 320 g/mol. The van der Waals surface area contributed by atoms with Gasteiger partial charge < -0.3 is 4.57 Å². The fourth-order valence-electron chi connectivity index (χ4n) is 2.37. The minimum absolute atomic E-state index is 0.0738. The van der Waals surface area contributed by atoms with Crippen molar-refractivity contribution in [1.82, 2.24) is 19.5 Å². The molecular formula is C15H20N4O2S. The lowest BCUT2D eigenvalue weighted by atomic mass is 10.2. The number of sulfonamides is 1. The van der Waals surface area contributed by atoms with Gasteiger partial charge in [-0.25, -0.2) is 13.1 Å². The number of benzene rings is 1. The summed E-state index contributed by atoms with van der Waals surface area (Å²) >= 11 is 0. The SMILES string of the molecule is Cn1c(CNS(=O)(=O)CCc2ccccc2)nnc1C1CC1. The minimum Gasteiger partial charge on any atom is -0.317 e. The lowest BCUT2D eigenvalue weighted by Gasteiger charge is -2.07. The molecule has 0 amide bonds. The Hall–Kier alpha value is -1.73. The minimum atomic E-state index is -3.32. The predicted octanol–water partition coefficient (Wildman–Crippen LogP) is 1.35. The summed E-state index contributed by atoms with van der Waals surface area (Å²) in [7, 11) is -1.43. The van der Waals surface area contributed by atoms with Gasteiger partial charge in [0.05, 0.1) is 12.3 Å². The summed E-state index contributed by atoms with van der Waals surface area (Å²) in [4.78, 5) is 0. The van der Waals surface area contributed by atoms with Gasteiger partial charge >= 0.3 is 0 Å². The van der Waals surface area contributed by atoms with E-state index in [-0.39, 0.29) is 12.3 Å². The van der Waals surface area contributed by atoms with Crippen molar-refractivity contribution in [2.45, 2.75) is 31.7 Å². The summed E-state index contributed by atoms with van der Waals surface area (Å²) < 4.78 is 28.7. The summed E-state index contributed by atoms with van der Waals surface area (Å²) in [5.74, 6) is 2.19.